The van der Waals surface area contributed by atoms with Gasteiger partial charge in [-0.15, -0.1) is 11.3 Å². The van der Waals surface area contributed by atoms with E-state index in [4.69, 9.17) is 0 Å². The third-order valence-corrected chi connectivity index (χ3v) is 9.40. The topological polar surface area (TPSA) is 88.8 Å². The number of fused-ring (bicyclic) bond motifs is 1. The van der Waals surface area contributed by atoms with Crippen molar-refractivity contribution in [3.8, 4) is 0 Å². The average molecular weight is 490 g/mol. The first-order chi connectivity index (χ1) is 16.0. The van der Waals surface area contributed by atoms with Gasteiger partial charge in [0.05, 0.1) is 0 Å². The van der Waals surface area contributed by atoms with Gasteiger partial charge in [-0.25, -0.2) is 4.79 Å². The Morgan fingerprint density at radius 3 is 2.52 bits per heavy atom. The van der Waals surface area contributed by atoms with E-state index in [1.54, 1.807) is 16.2 Å². The number of nitrogens with one attached hydrogen (secondary N) is 2. The third-order valence-electron chi connectivity index (χ3n) is 6.22. The van der Waals surface area contributed by atoms with E-state index in [0.717, 1.165) is 16.5 Å². The fraction of sp³-hybridized carbons (Fsp3) is 0.435. The van der Waals surface area contributed by atoms with Crippen LogP contribution in [0.15, 0.2) is 48.0 Å². The standard InChI is InChI=1S/C23H31N5O3S2/c1-3-27(4-2)33(30,31)28-13-11-26(12-14-28)23(29)25-17-20(22-10-7-15-32-22)19-16-24-21-9-6-5-8-18(19)21/h5-10,15-16,20,24H,3-4,11-14,17H2,1-2H3,(H,25,29)/t20-/m1/s1. The summed E-state index contributed by atoms with van der Waals surface area (Å²) in [7, 11) is -3.47. The quantitative estimate of drug-likeness (QED) is 0.509. The summed E-state index contributed by atoms with van der Waals surface area (Å²) in [6.07, 6.45) is 2.03. The van der Waals surface area contributed by atoms with Gasteiger partial charge in [0.1, 0.15) is 0 Å². The van der Waals surface area contributed by atoms with E-state index >= 15 is 0 Å². The van der Waals surface area contributed by atoms with Gasteiger partial charge in [0, 0.05) is 73.7 Å². The summed E-state index contributed by atoms with van der Waals surface area (Å²) in [5.41, 5.74) is 2.23. The number of aromatic amines is 1. The summed E-state index contributed by atoms with van der Waals surface area (Å²) >= 11 is 1.68. The van der Waals surface area contributed by atoms with Crippen LogP contribution >= 0.6 is 11.3 Å². The van der Waals surface area contributed by atoms with E-state index in [-0.39, 0.29) is 11.9 Å². The molecule has 8 nitrogen and oxygen atoms in total. The molecule has 33 heavy (non-hydrogen) atoms. The third kappa shape index (κ3) is 4.93. The Labute approximate surface area is 199 Å². The average Bonchev–Trinajstić information content (AvgIpc) is 3.51. The summed E-state index contributed by atoms with van der Waals surface area (Å²) in [5, 5.41) is 6.30. The maximum Gasteiger partial charge on any atom is 0.317 e. The molecule has 1 saturated heterocycles. The minimum absolute atomic E-state index is 0.0365. The monoisotopic (exact) mass is 489 g/mol. The van der Waals surface area contributed by atoms with Crippen LogP contribution in [0.5, 0.6) is 0 Å². The highest BCUT2D eigenvalue weighted by Gasteiger charge is 2.32. The Hall–Kier alpha value is -2.40. The number of hydrogen-bond donors (Lipinski definition) is 2. The first kappa shape index (κ1) is 23.7. The lowest BCUT2D eigenvalue weighted by atomic mass is 9.97. The van der Waals surface area contributed by atoms with E-state index in [2.05, 4.69) is 33.9 Å². The molecule has 2 N–H and O–H groups in total. The minimum atomic E-state index is -3.47. The predicted octanol–water partition coefficient (Wildman–Crippen LogP) is 3.28. The van der Waals surface area contributed by atoms with Crippen molar-refractivity contribution in [1.82, 2.24) is 23.8 Å². The van der Waals surface area contributed by atoms with Crippen LogP contribution in [0.2, 0.25) is 0 Å². The van der Waals surface area contributed by atoms with Crippen LogP contribution < -0.4 is 5.32 Å². The first-order valence-electron chi connectivity index (χ1n) is 11.3. The molecule has 0 unspecified atom stereocenters. The van der Waals surface area contributed by atoms with Crippen LogP contribution in [0.3, 0.4) is 0 Å². The molecule has 1 aliphatic heterocycles. The predicted molar refractivity (Wildman–Crippen MR) is 133 cm³/mol. The number of para-hydroxylation sites is 1. The maximum absolute atomic E-state index is 12.9. The summed E-state index contributed by atoms with van der Waals surface area (Å²) in [6, 6.07) is 12.1. The molecule has 0 aliphatic carbocycles. The molecule has 1 aliphatic rings. The molecule has 1 fully saturated rings. The fourth-order valence-electron chi connectivity index (χ4n) is 4.37. The number of nitrogens with zero attached hydrogens (tertiary/aromatic N) is 3. The van der Waals surface area contributed by atoms with Crippen LogP contribution in [0.4, 0.5) is 4.79 Å². The number of carbonyl (C=O) groups excluding carboxylic acids is 1. The number of urea groups is 1. The Bertz CT molecular complexity index is 1160. The SMILES string of the molecule is CCN(CC)S(=O)(=O)N1CCN(C(=O)NC[C@@H](c2cccs2)c2c[nH]c3ccccc23)CC1. The van der Waals surface area contributed by atoms with Crippen molar-refractivity contribution in [2.75, 3.05) is 45.8 Å². The molecule has 0 saturated carbocycles. The van der Waals surface area contributed by atoms with Crippen LogP contribution in [-0.4, -0.2) is 78.8 Å². The largest absolute Gasteiger partial charge is 0.361 e. The number of carbonyl (C=O) groups is 1. The van der Waals surface area contributed by atoms with Gasteiger partial charge in [-0.2, -0.15) is 17.0 Å². The Morgan fingerprint density at radius 2 is 1.85 bits per heavy atom. The molecule has 0 spiro atoms. The van der Waals surface area contributed by atoms with Crippen molar-refractivity contribution < 1.29 is 13.2 Å². The molecule has 4 rings (SSSR count). The van der Waals surface area contributed by atoms with E-state index in [1.165, 1.54) is 13.5 Å². The van der Waals surface area contributed by atoms with Crippen LogP contribution in [0, 0.1) is 0 Å². The van der Waals surface area contributed by atoms with Crippen molar-refractivity contribution in [3.63, 3.8) is 0 Å². The van der Waals surface area contributed by atoms with E-state index < -0.39 is 10.2 Å². The van der Waals surface area contributed by atoms with Crippen LogP contribution in [-0.2, 0) is 10.2 Å². The van der Waals surface area contributed by atoms with Gasteiger partial charge in [0.25, 0.3) is 10.2 Å². The number of thiophene rings is 1. The van der Waals surface area contributed by atoms with Crippen molar-refractivity contribution in [3.05, 3.63) is 58.4 Å². The Balaban J connectivity index is 1.41. The summed E-state index contributed by atoms with van der Waals surface area (Å²) < 4.78 is 28.4. The van der Waals surface area contributed by atoms with Gasteiger partial charge in [0.15, 0.2) is 0 Å². The second-order valence-corrected chi connectivity index (χ2v) is 10.9. The van der Waals surface area contributed by atoms with Gasteiger partial charge in [-0.3, -0.25) is 0 Å². The molecule has 2 amide bonds. The van der Waals surface area contributed by atoms with Crippen molar-refractivity contribution in [2.45, 2.75) is 19.8 Å². The molecule has 2 aromatic heterocycles. The molecule has 178 valence electrons. The van der Waals surface area contributed by atoms with Crippen molar-refractivity contribution in [2.24, 2.45) is 0 Å². The number of aromatic nitrogens is 1. The summed E-state index contributed by atoms with van der Waals surface area (Å²) in [6.45, 7) is 6.40. The molecule has 1 aromatic carbocycles. The van der Waals surface area contributed by atoms with E-state index in [9.17, 15) is 13.2 Å². The number of rotatable bonds is 8. The first-order valence-corrected chi connectivity index (χ1v) is 13.6. The smallest absolute Gasteiger partial charge is 0.317 e. The second kappa shape index (κ2) is 10.3. The molecule has 0 radical (unpaired) electrons. The minimum Gasteiger partial charge on any atom is -0.361 e. The van der Waals surface area contributed by atoms with Gasteiger partial charge < -0.3 is 15.2 Å². The molecule has 0 bridgehead atoms. The van der Waals surface area contributed by atoms with E-state index in [1.807, 2.05) is 38.2 Å². The highest BCUT2D eigenvalue weighted by atomic mass is 32.2. The Kier molecular flexibility index (Phi) is 7.38. The number of benzene rings is 1. The number of piperazine rings is 1. The second-order valence-electron chi connectivity index (χ2n) is 8.02. The van der Waals surface area contributed by atoms with Crippen molar-refractivity contribution >= 4 is 38.5 Å². The maximum atomic E-state index is 12.9. The molecular weight excluding hydrogens is 458 g/mol. The van der Waals surface area contributed by atoms with E-state index in [0.29, 0.717) is 45.8 Å². The van der Waals surface area contributed by atoms with Crippen LogP contribution in [0.1, 0.15) is 30.2 Å². The van der Waals surface area contributed by atoms with Crippen molar-refractivity contribution in [1.29, 1.82) is 0 Å². The molecule has 1 atom stereocenters. The number of H-pyrrole nitrogens is 1. The van der Waals surface area contributed by atoms with Crippen LogP contribution in [0.25, 0.3) is 10.9 Å². The van der Waals surface area contributed by atoms with Gasteiger partial charge in [0.2, 0.25) is 0 Å². The zero-order chi connectivity index (χ0) is 23.4. The van der Waals surface area contributed by atoms with Gasteiger partial charge in [-0.1, -0.05) is 38.1 Å². The van der Waals surface area contributed by atoms with Gasteiger partial charge >= 0.3 is 6.03 Å². The zero-order valence-electron chi connectivity index (χ0n) is 19.0. The number of amides is 2. The molecule has 3 heterocycles. The van der Waals surface area contributed by atoms with Gasteiger partial charge in [-0.05, 0) is 23.1 Å². The Morgan fingerprint density at radius 1 is 1.12 bits per heavy atom. The normalized spacial score (nSPS) is 16.4. The summed E-state index contributed by atoms with van der Waals surface area (Å²) in [5.74, 6) is 0.0365. The highest BCUT2D eigenvalue weighted by molar-refractivity contribution is 7.86. The highest BCUT2D eigenvalue weighted by Crippen LogP contribution is 2.32. The lowest BCUT2D eigenvalue weighted by Crippen LogP contribution is -2.56. The fourth-order valence-corrected chi connectivity index (χ4v) is 6.82. The lowest BCUT2D eigenvalue weighted by molar-refractivity contribution is 0.169. The molecule has 10 heteroatoms. The molecular formula is C23H31N5O3S2. The number of hydrogen-bond acceptors (Lipinski definition) is 4. The zero-order valence-corrected chi connectivity index (χ0v) is 20.7. The lowest BCUT2D eigenvalue weighted by Gasteiger charge is -2.36. The summed E-state index contributed by atoms with van der Waals surface area (Å²) in [4.78, 5) is 19.2. The molecule has 3 aromatic rings.